The van der Waals surface area contributed by atoms with E-state index in [1.54, 1.807) is 26.0 Å². The molecule has 0 saturated carbocycles. The summed E-state index contributed by atoms with van der Waals surface area (Å²) in [5.41, 5.74) is 0.989. The molecule has 9 heteroatoms. The smallest absolute Gasteiger partial charge is 0.313 e. The maximum atomic E-state index is 13.1. The fraction of sp³-hybridized carbons (Fsp3) is 0.500. The highest BCUT2D eigenvalue weighted by Crippen LogP contribution is 2.32. The van der Waals surface area contributed by atoms with Crippen molar-refractivity contribution in [1.29, 1.82) is 0 Å². The lowest BCUT2D eigenvalue weighted by atomic mass is 10.1. The number of carbonyl (C=O) groups excluding carboxylic acids is 1. The van der Waals surface area contributed by atoms with Gasteiger partial charge in [-0.15, -0.1) is 0 Å². The standard InChI is InChI=1S/C22H27N3O6/c1-14-21(26)24(10-9-15-7-8-17(28-2)18(12-15)29-3)16-13-23-25(22(27)20(16)31-14)19-6-4-5-11-30-19/h7-8,12-14,19H,4-6,9-11H2,1-3H3/t14-,19?/m0/s1. The molecular weight excluding hydrogens is 402 g/mol. The quantitative estimate of drug-likeness (QED) is 0.696. The average molecular weight is 429 g/mol. The van der Waals surface area contributed by atoms with Gasteiger partial charge in [-0.25, -0.2) is 0 Å². The van der Waals surface area contributed by atoms with Crippen molar-refractivity contribution >= 4 is 11.6 Å². The minimum absolute atomic E-state index is 0.142. The number of benzene rings is 1. The van der Waals surface area contributed by atoms with Crippen LogP contribution in [0.5, 0.6) is 17.2 Å². The predicted octanol–water partition coefficient (Wildman–Crippen LogP) is 2.32. The zero-order valence-corrected chi connectivity index (χ0v) is 18.0. The number of hydrogen-bond donors (Lipinski definition) is 0. The van der Waals surface area contributed by atoms with E-state index in [0.717, 1.165) is 24.8 Å². The Balaban J connectivity index is 1.60. The lowest BCUT2D eigenvalue weighted by Gasteiger charge is -2.33. The van der Waals surface area contributed by atoms with Crippen molar-refractivity contribution in [2.75, 3.05) is 32.3 Å². The Hall–Kier alpha value is -3.07. The molecule has 166 valence electrons. The van der Waals surface area contributed by atoms with Gasteiger partial charge in [0.1, 0.15) is 5.69 Å². The Morgan fingerprint density at radius 3 is 2.68 bits per heavy atom. The minimum Gasteiger partial charge on any atom is -0.493 e. The number of ether oxygens (including phenoxy) is 4. The Morgan fingerprint density at radius 2 is 1.97 bits per heavy atom. The highest BCUT2D eigenvalue weighted by molar-refractivity contribution is 5.99. The van der Waals surface area contributed by atoms with Crippen LogP contribution in [-0.2, 0) is 16.0 Å². The molecule has 1 amide bonds. The molecule has 1 aromatic carbocycles. The summed E-state index contributed by atoms with van der Waals surface area (Å²) in [6.45, 7) is 2.62. The molecule has 1 unspecified atom stereocenters. The zero-order chi connectivity index (χ0) is 22.0. The summed E-state index contributed by atoms with van der Waals surface area (Å²) in [4.78, 5) is 27.5. The number of aromatic nitrogens is 2. The molecule has 2 aromatic rings. The van der Waals surface area contributed by atoms with Gasteiger partial charge in [0.2, 0.25) is 5.75 Å². The van der Waals surface area contributed by atoms with Gasteiger partial charge < -0.3 is 23.8 Å². The second-order valence-corrected chi connectivity index (χ2v) is 7.62. The first-order valence-corrected chi connectivity index (χ1v) is 10.5. The summed E-state index contributed by atoms with van der Waals surface area (Å²) in [5, 5.41) is 4.30. The van der Waals surface area contributed by atoms with Crippen molar-refractivity contribution in [3.63, 3.8) is 0 Å². The second-order valence-electron chi connectivity index (χ2n) is 7.62. The topological polar surface area (TPSA) is 92.1 Å². The summed E-state index contributed by atoms with van der Waals surface area (Å²) in [6.07, 6.45) is 3.60. The molecule has 1 aromatic heterocycles. The van der Waals surface area contributed by atoms with Crippen molar-refractivity contribution in [3.05, 3.63) is 40.3 Å². The Bertz CT molecular complexity index is 1010. The van der Waals surface area contributed by atoms with Gasteiger partial charge in [0.25, 0.3) is 5.91 Å². The molecule has 0 N–H and O–H groups in total. The first-order valence-electron chi connectivity index (χ1n) is 10.5. The molecule has 0 aliphatic carbocycles. The van der Waals surface area contributed by atoms with E-state index < -0.39 is 12.3 Å². The first kappa shape index (κ1) is 21.2. The SMILES string of the molecule is COc1ccc(CCN2C(=O)[C@H](C)Oc3c2cnn(C2CCCCO2)c3=O)cc1OC. The van der Waals surface area contributed by atoms with Crippen molar-refractivity contribution in [2.45, 2.75) is 44.9 Å². The van der Waals surface area contributed by atoms with Crippen LogP contribution in [0.15, 0.2) is 29.2 Å². The van der Waals surface area contributed by atoms with Gasteiger partial charge >= 0.3 is 5.56 Å². The van der Waals surface area contributed by atoms with E-state index in [-0.39, 0.29) is 17.2 Å². The van der Waals surface area contributed by atoms with Crippen LogP contribution in [0.1, 0.15) is 38.0 Å². The molecular formula is C22H27N3O6. The van der Waals surface area contributed by atoms with Crippen molar-refractivity contribution in [1.82, 2.24) is 9.78 Å². The molecule has 2 aliphatic rings. The van der Waals surface area contributed by atoms with Crippen molar-refractivity contribution < 1.29 is 23.7 Å². The molecule has 1 saturated heterocycles. The minimum atomic E-state index is -0.756. The van der Waals surface area contributed by atoms with E-state index in [4.69, 9.17) is 18.9 Å². The molecule has 0 spiro atoms. The summed E-state index contributed by atoms with van der Waals surface area (Å²) >= 11 is 0. The maximum Gasteiger partial charge on any atom is 0.313 e. The molecule has 1 fully saturated rings. The van der Waals surface area contributed by atoms with Crippen LogP contribution in [0.3, 0.4) is 0 Å². The number of rotatable bonds is 6. The number of hydrogen-bond acceptors (Lipinski definition) is 7. The number of nitrogens with zero attached hydrogens (tertiary/aromatic N) is 3. The Kier molecular flexibility index (Phi) is 6.13. The van der Waals surface area contributed by atoms with Crippen LogP contribution in [0.2, 0.25) is 0 Å². The molecule has 31 heavy (non-hydrogen) atoms. The van der Waals surface area contributed by atoms with E-state index in [1.165, 1.54) is 10.9 Å². The number of fused-ring (bicyclic) bond motifs is 1. The van der Waals surface area contributed by atoms with Crippen LogP contribution in [0.25, 0.3) is 0 Å². The summed E-state index contributed by atoms with van der Waals surface area (Å²) < 4.78 is 23.4. The summed E-state index contributed by atoms with van der Waals surface area (Å²) in [7, 11) is 3.16. The van der Waals surface area contributed by atoms with E-state index in [1.807, 2.05) is 18.2 Å². The molecule has 3 heterocycles. The van der Waals surface area contributed by atoms with Gasteiger partial charge in [0.05, 0.1) is 20.4 Å². The van der Waals surface area contributed by atoms with Gasteiger partial charge in [0.15, 0.2) is 23.8 Å². The third-order valence-corrected chi connectivity index (χ3v) is 5.64. The number of anilines is 1. The van der Waals surface area contributed by atoms with Gasteiger partial charge in [-0.2, -0.15) is 9.78 Å². The molecule has 0 bridgehead atoms. The van der Waals surface area contributed by atoms with E-state index in [0.29, 0.717) is 36.8 Å². The zero-order valence-electron chi connectivity index (χ0n) is 18.0. The van der Waals surface area contributed by atoms with E-state index in [9.17, 15) is 9.59 Å². The van der Waals surface area contributed by atoms with E-state index in [2.05, 4.69) is 5.10 Å². The van der Waals surface area contributed by atoms with Gasteiger partial charge in [0, 0.05) is 13.2 Å². The first-order chi connectivity index (χ1) is 15.0. The predicted molar refractivity (Wildman–Crippen MR) is 113 cm³/mol. The average Bonchev–Trinajstić information content (AvgIpc) is 2.80. The van der Waals surface area contributed by atoms with Crippen LogP contribution in [0.4, 0.5) is 5.69 Å². The van der Waals surface area contributed by atoms with E-state index >= 15 is 0 Å². The number of methoxy groups -OCH3 is 2. The Morgan fingerprint density at radius 1 is 1.16 bits per heavy atom. The third-order valence-electron chi connectivity index (χ3n) is 5.64. The maximum absolute atomic E-state index is 13.1. The largest absolute Gasteiger partial charge is 0.493 e. The van der Waals surface area contributed by atoms with Crippen molar-refractivity contribution in [2.24, 2.45) is 0 Å². The highest BCUT2D eigenvalue weighted by atomic mass is 16.5. The lowest BCUT2D eigenvalue weighted by molar-refractivity contribution is -0.125. The van der Waals surface area contributed by atoms with Crippen LogP contribution in [-0.4, -0.2) is 49.2 Å². The van der Waals surface area contributed by atoms with Gasteiger partial charge in [-0.1, -0.05) is 6.07 Å². The van der Waals surface area contributed by atoms with Gasteiger partial charge in [-0.05, 0) is 50.3 Å². The molecule has 9 nitrogen and oxygen atoms in total. The monoisotopic (exact) mass is 429 g/mol. The highest BCUT2D eigenvalue weighted by Gasteiger charge is 2.35. The van der Waals surface area contributed by atoms with Gasteiger partial charge in [-0.3, -0.25) is 9.59 Å². The molecule has 0 radical (unpaired) electrons. The fourth-order valence-corrected chi connectivity index (χ4v) is 3.94. The van der Waals surface area contributed by atoms with Crippen molar-refractivity contribution in [3.8, 4) is 17.2 Å². The number of carbonyl (C=O) groups is 1. The Labute approximate surface area is 180 Å². The number of amides is 1. The normalized spacial score (nSPS) is 20.7. The molecule has 2 aliphatic heterocycles. The fourth-order valence-electron chi connectivity index (χ4n) is 3.94. The van der Waals surface area contributed by atoms with Crippen LogP contribution < -0.4 is 24.7 Å². The summed E-state index contributed by atoms with van der Waals surface area (Å²) in [6, 6.07) is 5.63. The second kappa shape index (κ2) is 8.97. The molecule has 4 rings (SSSR count). The third kappa shape index (κ3) is 4.10. The summed E-state index contributed by atoms with van der Waals surface area (Å²) in [5.74, 6) is 1.20. The lowest BCUT2D eigenvalue weighted by Crippen LogP contribution is -2.48. The van der Waals surface area contributed by atoms with Crippen LogP contribution in [0, 0.1) is 0 Å². The molecule has 2 atom stereocenters. The van der Waals surface area contributed by atoms with Crippen LogP contribution >= 0.6 is 0 Å².